The monoisotopic (exact) mass is 379 g/mol. The molecule has 1 aromatic carbocycles. The average Bonchev–Trinajstić information content (AvgIpc) is 3.12. The van der Waals surface area contributed by atoms with E-state index in [1.807, 2.05) is 6.07 Å². The van der Waals surface area contributed by atoms with Crippen molar-refractivity contribution in [1.29, 1.82) is 5.26 Å². The van der Waals surface area contributed by atoms with E-state index in [-0.39, 0.29) is 21.8 Å². The van der Waals surface area contributed by atoms with Gasteiger partial charge in [-0.25, -0.2) is 18.4 Å². The van der Waals surface area contributed by atoms with Gasteiger partial charge in [-0.1, -0.05) is 6.07 Å². The van der Waals surface area contributed by atoms with Gasteiger partial charge in [0.2, 0.25) is 0 Å². The highest BCUT2D eigenvalue weighted by Gasteiger charge is 2.23. The minimum absolute atomic E-state index is 0.0964. The van der Waals surface area contributed by atoms with Gasteiger partial charge in [0, 0.05) is 42.8 Å². The van der Waals surface area contributed by atoms with Gasteiger partial charge in [-0.3, -0.25) is 9.20 Å². The molecule has 0 N–H and O–H groups in total. The zero-order chi connectivity index (χ0) is 19.3. The second-order valence-corrected chi connectivity index (χ2v) is 8.09. The molecule has 0 radical (unpaired) electrons. The Kier molecular flexibility index (Phi) is 3.61. The number of aromatic nitrogens is 4. The van der Waals surface area contributed by atoms with Gasteiger partial charge >= 0.3 is 0 Å². The molecule has 0 saturated carbocycles. The van der Waals surface area contributed by atoms with Crippen molar-refractivity contribution in [2.45, 2.75) is 5.03 Å². The van der Waals surface area contributed by atoms with E-state index >= 15 is 0 Å². The first-order valence-corrected chi connectivity index (χ1v) is 9.77. The second kappa shape index (κ2) is 5.75. The molecule has 0 saturated heterocycles. The van der Waals surface area contributed by atoms with Crippen molar-refractivity contribution >= 4 is 26.3 Å². The molecule has 4 rings (SSSR count). The van der Waals surface area contributed by atoms with Crippen molar-refractivity contribution in [3.05, 3.63) is 58.8 Å². The molecule has 0 unspecified atom stereocenters. The molecule has 0 aliphatic carbocycles. The van der Waals surface area contributed by atoms with Crippen molar-refractivity contribution < 1.29 is 8.42 Å². The number of pyridine rings is 1. The molecule has 0 amide bonds. The molecule has 3 aromatic heterocycles. The largest absolute Gasteiger partial charge is 0.318 e. The summed E-state index contributed by atoms with van der Waals surface area (Å²) in [6.07, 6.45) is 5.75. The van der Waals surface area contributed by atoms with Crippen LogP contribution in [0.25, 0.3) is 27.8 Å². The quantitative estimate of drug-likeness (QED) is 0.488. The van der Waals surface area contributed by atoms with Gasteiger partial charge in [0.25, 0.3) is 5.56 Å². The van der Waals surface area contributed by atoms with E-state index < -0.39 is 9.84 Å². The maximum Gasteiger partial charge on any atom is 0.258 e. The Bertz CT molecular complexity index is 1440. The minimum Gasteiger partial charge on any atom is -0.318 e. The summed E-state index contributed by atoms with van der Waals surface area (Å²) in [4.78, 5) is 20.6. The van der Waals surface area contributed by atoms with Gasteiger partial charge in [-0.2, -0.15) is 5.26 Å². The lowest BCUT2D eigenvalue weighted by atomic mass is 10.1. The minimum atomic E-state index is -3.74. The van der Waals surface area contributed by atoms with Gasteiger partial charge < -0.3 is 4.57 Å². The molecule has 27 heavy (non-hydrogen) atoms. The lowest BCUT2D eigenvalue weighted by Crippen LogP contribution is -2.15. The third-order valence-electron chi connectivity index (χ3n) is 4.32. The standard InChI is InChI=1S/C18H13N5O3S/c1-22-7-5-11-9-12(3-4-13(11)18(22)24)15-21-17(27(2,25)26)14(10-19)16-20-6-8-23(15)16/h3-9H,1-2H3. The highest BCUT2D eigenvalue weighted by Crippen LogP contribution is 2.26. The second-order valence-electron chi connectivity index (χ2n) is 6.15. The van der Waals surface area contributed by atoms with Gasteiger partial charge in [-0.05, 0) is 23.6 Å². The van der Waals surface area contributed by atoms with Crippen LogP contribution in [-0.4, -0.2) is 33.6 Å². The van der Waals surface area contributed by atoms with Crippen LogP contribution in [0.5, 0.6) is 0 Å². The normalized spacial score (nSPS) is 11.7. The van der Waals surface area contributed by atoms with Crippen LogP contribution in [0.3, 0.4) is 0 Å². The van der Waals surface area contributed by atoms with E-state index in [4.69, 9.17) is 0 Å². The maximum absolute atomic E-state index is 12.2. The summed E-state index contributed by atoms with van der Waals surface area (Å²) in [5.41, 5.74) is 0.595. The number of nitriles is 1. The summed E-state index contributed by atoms with van der Waals surface area (Å²) in [6.45, 7) is 0. The molecule has 0 bridgehead atoms. The topological polar surface area (TPSA) is 110 Å². The molecule has 134 valence electrons. The van der Waals surface area contributed by atoms with Crippen molar-refractivity contribution in [1.82, 2.24) is 18.9 Å². The van der Waals surface area contributed by atoms with Gasteiger partial charge in [0.1, 0.15) is 17.5 Å². The zero-order valence-corrected chi connectivity index (χ0v) is 15.2. The summed E-state index contributed by atoms with van der Waals surface area (Å²) in [5.74, 6) is 0.324. The number of aryl methyl sites for hydroxylation is 1. The van der Waals surface area contributed by atoms with Crippen LogP contribution in [0.1, 0.15) is 5.56 Å². The van der Waals surface area contributed by atoms with Crippen LogP contribution in [0.15, 0.2) is 52.7 Å². The first kappa shape index (κ1) is 16.9. The van der Waals surface area contributed by atoms with Crippen molar-refractivity contribution in [3.63, 3.8) is 0 Å². The highest BCUT2D eigenvalue weighted by atomic mass is 32.2. The summed E-state index contributed by atoms with van der Waals surface area (Å²) in [7, 11) is -2.07. The van der Waals surface area contributed by atoms with Crippen LogP contribution in [-0.2, 0) is 16.9 Å². The predicted octanol–water partition coefficient (Wildman–Crippen LogP) is 1.52. The van der Waals surface area contributed by atoms with Crippen molar-refractivity contribution in [2.75, 3.05) is 6.26 Å². The third-order valence-corrected chi connectivity index (χ3v) is 5.31. The lowest BCUT2D eigenvalue weighted by Gasteiger charge is -2.10. The first-order valence-electron chi connectivity index (χ1n) is 7.88. The molecular formula is C18H13N5O3S. The molecule has 0 spiro atoms. The van der Waals surface area contributed by atoms with Crippen LogP contribution in [0.2, 0.25) is 0 Å². The number of benzene rings is 1. The van der Waals surface area contributed by atoms with E-state index in [1.165, 1.54) is 10.8 Å². The van der Waals surface area contributed by atoms with E-state index in [0.29, 0.717) is 22.2 Å². The predicted molar refractivity (Wildman–Crippen MR) is 99.0 cm³/mol. The Hall–Kier alpha value is -3.51. The fourth-order valence-corrected chi connectivity index (χ4v) is 3.77. The third kappa shape index (κ3) is 2.58. The Morgan fingerprint density at radius 3 is 2.67 bits per heavy atom. The molecule has 4 aromatic rings. The maximum atomic E-state index is 12.2. The lowest BCUT2D eigenvalue weighted by molar-refractivity contribution is 0.597. The number of fused-ring (bicyclic) bond motifs is 2. The van der Waals surface area contributed by atoms with E-state index in [0.717, 1.165) is 6.26 Å². The van der Waals surface area contributed by atoms with Gasteiger partial charge in [0.15, 0.2) is 20.5 Å². The Morgan fingerprint density at radius 2 is 1.96 bits per heavy atom. The fraction of sp³-hybridized carbons (Fsp3) is 0.111. The Labute approximate surface area is 153 Å². The fourth-order valence-electron chi connectivity index (χ4n) is 3.01. The molecule has 8 nitrogen and oxygen atoms in total. The Morgan fingerprint density at radius 1 is 1.19 bits per heavy atom. The van der Waals surface area contributed by atoms with Crippen LogP contribution >= 0.6 is 0 Å². The summed E-state index contributed by atoms with van der Waals surface area (Å²) < 4.78 is 27.4. The first-order chi connectivity index (χ1) is 12.8. The molecule has 0 aliphatic rings. The molecule has 0 atom stereocenters. The molecule has 0 fully saturated rings. The molecular weight excluding hydrogens is 366 g/mol. The van der Waals surface area contributed by atoms with Crippen molar-refractivity contribution in [3.8, 4) is 17.5 Å². The number of sulfone groups is 1. The molecule has 9 heteroatoms. The number of nitrogens with zero attached hydrogens (tertiary/aromatic N) is 5. The van der Waals surface area contributed by atoms with Gasteiger partial charge in [-0.15, -0.1) is 0 Å². The number of hydrogen-bond donors (Lipinski definition) is 0. The zero-order valence-electron chi connectivity index (χ0n) is 14.4. The van der Waals surface area contributed by atoms with Crippen molar-refractivity contribution in [2.24, 2.45) is 7.05 Å². The van der Waals surface area contributed by atoms with Gasteiger partial charge in [0.05, 0.1) is 0 Å². The SMILES string of the molecule is Cn1ccc2cc(-c3nc(S(C)(=O)=O)c(C#N)c4nccn34)ccc2c1=O. The summed E-state index contributed by atoms with van der Waals surface area (Å²) in [6, 6.07) is 8.82. The number of rotatable bonds is 2. The number of imidazole rings is 1. The summed E-state index contributed by atoms with van der Waals surface area (Å²) in [5, 5.41) is 10.3. The molecule has 0 aliphatic heterocycles. The van der Waals surface area contributed by atoms with E-state index in [2.05, 4.69) is 9.97 Å². The highest BCUT2D eigenvalue weighted by molar-refractivity contribution is 7.90. The van der Waals surface area contributed by atoms with Crippen LogP contribution < -0.4 is 5.56 Å². The Balaban J connectivity index is 2.10. The van der Waals surface area contributed by atoms with Crippen LogP contribution in [0, 0.1) is 11.3 Å². The van der Waals surface area contributed by atoms with Crippen LogP contribution in [0.4, 0.5) is 0 Å². The summed E-state index contributed by atoms with van der Waals surface area (Å²) >= 11 is 0. The van der Waals surface area contributed by atoms with E-state index in [1.54, 1.807) is 48.1 Å². The van der Waals surface area contributed by atoms with E-state index in [9.17, 15) is 18.5 Å². The average molecular weight is 379 g/mol. The number of hydrogen-bond acceptors (Lipinski definition) is 6. The molecule has 3 heterocycles. The smallest absolute Gasteiger partial charge is 0.258 e.